The van der Waals surface area contributed by atoms with Crippen LogP contribution >= 0.6 is 0 Å². The van der Waals surface area contributed by atoms with E-state index in [0.29, 0.717) is 24.6 Å². The average Bonchev–Trinajstić information content (AvgIpc) is 2.86. The fraction of sp³-hybridized carbons (Fsp3) is 0.625. The maximum absolute atomic E-state index is 12.2. The molecule has 6 heteroatoms. The van der Waals surface area contributed by atoms with Crippen LogP contribution in [0.1, 0.15) is 32.9 Å². The van der Waals surface area contributed by atoms with Gasteiger partial charge in [-0.3, -0.25) is 9.19 Å². The number of hydrogen-bond acceptors (Lipinski definition) is 4. The lowest BCUT2D eigenvalue weighted by molar-refractivity contribution is 0.0289. The number of ether oxygens (including phenoxy) is 1. The van der Waals surface area contributed by atoms with E-state index in [0.717, 1.165) is 12.1 Å². The second kappa shape index (κ2) is 7.22. The summed E-state index contributed by atoms with van der Waals surface area (Å²) < 4.78 is 17.6. The number of carbonyl (C=O) groups excluding carboxylic acids is 1. The summed E-state index contributed by atoms with van der Waals surface area (Å²) in [4.78, 5) is 17.9. The lowest BCUT2D eigenvalue weighted by Gasteiger charge is -2.24. The Labute approximate surface area is 134 Å². The van der Waals surface area contributed by atoms with Gasteiger partial charge in [-0.2, -0.15) is 0 Å². The van der Waals surface area contributed by atoms with Crippen LogP contribution in [0.5, 0.6) is 0 Å². The summed E-state index contributed by atoms with van der Waals surface area (Å²) in [5.74, 6) is 1.36. The van der Waals surface area contributed by atoms with E-state index in [1.165, 1.54) is 0 Å². The van der Waals surface area contributed by atoms with Crippen molar-refractivity contribution >= 4 is 16.9 Å². The lowest BCUT2D eigenvalue weighted by atomic mass is 10.2. The molecule has 2 heterocycles. The van der Waals surface area contributed by atoms with E-state index in [-0.39, 0.29) is 12.0 Å². The molecule has 1 aromatic heterocycles. The maximum Gasteiger partial charge on any atom is 0.410 e. The van der Waals surface area contributed by atoms with E-state index in [4.69, 9.17) is 4.74 Å². The molecule has 2 unspecified atom stereocenters. The molecule has 2 atom stereocenters. The van der Waals surface area contributed by atoms with Crippen LogP contribution in [-0.2, 0) is 21.3 Å². The number of likely N-dealkylation sites (tertiary alicyclic amines) is 1. The molecule has 0 aliphatic carbocycles. The summed E-state index contributed by atoms with van der Waals surface area (Å²) in [6.07, 6.45) is 2.32. The molecule has 1 aliphatic rings. The molecule has 1 fully saturated rings. The number of carbonyl (C=O) groups is 1. The van der Waals surface area contributed by atoms with Crippen LogP contribution in [0.25, 0.3) is 0 Å². The topological polar surface area (TPSA) is 59.5 Å². The van der Waals surface area contributed by atoms with Crippen LogP contribution in [0, 0.1) is 5.92 Å². The van der Waals surface area contributed by atoms with Crippen LogP contribution in [0.2, 0.25) is 0 Å². The van der Waals surface area contributed by atoms with Crippen LogP contribution < -0.4 is 0 Å². The average molecular weight is 324 g/mol. The van der Waals surface area contributed by atoms with Crippen molar-refractivity contribution in [2.75, 3.05) is 18.8 Å². The van der Waals surface area contributed by atoms with Gasteiger partial charge in [0.05, 0.1) is 11.4 Å². The van der Waals surface area contributed by atoms with Crippen molar-refractivity contribution in [2.45, 2.75) is 38.5 Å². The van der Waals surface area contributed by atoms with Crippen LogP contribution in [0.15, 0.2) is 24.4 Å². The summed E-state index contributed by atoms with van der Waals surface area (Å²) >= 11 is 0. The van der Waals surface area contributed by atoms with Gasteiger partial charge < -0.3 is 9.64 Å². The Balaban J connectivity index is 1.79. The summed E-state index contributed by atoms with van der Waals surface area (Å²) in [7, 11) is -0.949. The summed E-state index contributed by atoms with van der Waals surface area (Å²) in [6, 6.07) is 5.64. The molecule has 0 spiro atoms. The van der Waals surface area contributed by atoms with Gasteiger partial charge in [0, 0.05) is 35.8 Å². The van der Waals surface area contributed by atoms with E-state index in [1.54, 1.807) is 11.1 Å². The normalized spacial score (nSPS) is 20.0. The Morgan fingerprint density at radius 1 is 1.45 bits per heavy atom. The monoisotopic (exact) mass is 324 g/mol. The maximum atomic E-state index is 12.2. The Morgan fingerprint density at radius 3 is 2.86 bits per heavy atom. The molecule has 122 valence electrons. The first kappa shape index (κ1) is 16.9. The minimum Gasteiger partial charge on any atom is -0.444 e. The van der Waals surface area contributed by atoms with E-state index in [9.17, 15) is 9.00 Å². The molecule has 0 saturated carbocycles. The SMILES string of the molecule is CC(C)(C)OC(=O)N1CCC(CS(=O)Cc2ccccn2)C1. The van der Waals surface area contributed by atoms with Crippen molar-refractivity contribution in [3.05, 3.63) is 30.1 Å². The molecule has 1 aliphatic heterocycles. The van der Waals surface area contributed by atoms with Crippen molar-refractivity contribution in [1.82, 2.24) is 9.88 Å². The Morgan fingerprint density at radius 2 is 2.23 bits per heavy atom. The Hall–Kier alpha value is -1.43. The molecule has 0 radical (unpaired) electrons. The molecule has 0 N–H and O–H groups in total. The van der Waals surface area contributed by atoms with Gasteiger partial charge in [-0.25, -0.2) is 4.79 Å². The van der Waals surface area contributed by atoms with Crippen LogP contribution in [-0.4, -0.2) is 44.6 Å². The summed E-state index contributed by atoms with van der Waals surface area (Å²) in [6.45, 7) is 6.89. The molecular formula is C16H24N2O3S. The highest BCUT2D eigenvalue weighted by molar-refractivity contribution is 7.84. The van der Waals surface area contributed by atoms with Crippen molar-refractivity contribution < 1.29 is 13.7 Å². The second-order valence-electron chi connectivity index (χ2n) is 6.65. The Kier molecular flexibility index (Phi) is 5.56. The van der Waals surface area contributed by atoms with Crippen LogP contribution in [0.4, 0.5) is 4.79 Å². The summed E-state index contributed by atoms with van der Waals surface area (Å²) in [5, 5.41) is 0. The largest absolute Gasteiger partial charge is 0.444 e. The fourth-order valence-corrected chi connectivity index (χ4v) is 3.85. The number of hydrogen-bond donors (Lipinski definition) is 0. The molecule has 1 aromatic rings. The van der Waals surface area contributed by atoms with Crippen LogP contribution in [0.3, 0.4) is 0 Å². The lowest BCUT2D eigenvalue weighted by Crippen LogP contribution is -2.35. The van der Waals surface area contributed by atoms with Gasteiger partial charge in [-0.15, -0.1) is 0 Å². The highest BCUT2D eigenvalue weighted by atomic mass is 32.2. The van der Waals surface area contributed by atoms with Crippen molar-refractivity contribution in [1.29, 1.82) is 0 Å². The van der Waals surface area contributed by atoms with E-state index < -0.39 is 16.4 Å². The first-order chi connectivity index (χ1) is 10.3. The van der Waals surface area contributed by atoms with Gasteiger partial charge in [0.25, 0.3) is 0 Å². The molecule has 1 amide bonds. The molecule has 0 bridgehead atoms. The van der Waals surface area contributed by atoms with Gasteiger partial charge >= 0.3 is 6.09 Å². The molecule has 5 nitrogen and oxygen atoms in total. The minimum absolute atomic E-state index is 0.273. The first-order valence-corrected chi connectivity index (χ1v) is 9.05. The first-order valence-electron chi connectivity index (χ1n) is 7.56. The van der Waals surface area contributed by atoms with E-state index in [1.807, 2.05) is 39.0 Å². The van der Waals surface area contributed by atoms with E-state index in [2.05, 4.69) is 4.98 Å². The molecule has 2 rings (SSSR count). The van der Waals surface area contributed by atoms with Gasteiger partial charge in [0.1, 0.15) is 5.60 Å². The van der Waals surface area contributed by atoms with Crippen molar-refractivity contribution in [3.63, 3.8) is 0 Å². The molecule has 1 saturated heterocycles. The summed E-state index contributed by atoms with van der Waals surface area (Å²) in [5.41, 5.74) is 0.375. The second-order valence-corrected chi connectivity index (χ2v) is 8.15. The van der Waals surface area contributed by atoms with Gasteiger partial charge in [0.2, 0.25) is 0 Å². The number of nitrogens with zero attached hydrogens (tertiary/aromatic N) is 2. The predicted octanol–water partition coefficient (Wildman–Crippen LogP) is 2.59. The quantitative estimate of drug-likeness (QED) is 0.854. The zero-order valence-corrected chi connectivity index (χ0v) is 14.3. The predicted molar refractivity (Wildman–Crippen MR) is 86.9 cm³/mol. The highest BCUT2D eigenvalue weighted by Gasteiger charge is 2.30. The molecular weight excluding hydrogens is 300 g/mol. The van der Waals surface area contributed by atoms with Gasteiger partial charge in [-0.05, 0) is 45.2 Å². The smallest absolute Gasteiger partial charge is 0.410 e. The van der Waals surface area contributed by atoms with Crippen molar-refractivity contribution in [3.8, 4) is 0 Å². The number of pyridine rings is 1. The highest BCUT2D eigenvalue weighted by Crippen LogP contribution is 2.20. The zero-order valence-electron chi connectivity index (χ0n) is 13.4. The zero-order chi connectivity index (χ0) is 16.2. The third-order valence-electron chi connectivity index (χ3n) is 3.39. The van der Waals surface area contributed by atoms with E-state index >= 15 is 0 Å². The number of rotatable bonds is 4. The fourth-order valence-electron chi connectivity index (χ4n) is 2.43. The number of aromatic nitrogens is 1. The molecule has 22 heavy (non-hydrogen) atoms. The number of amides is 1. The third-order valence-corrected chi connectivity index (χ3v) is 4.86. The van der Waals surface area contributed by atoms with Crippen molar-refractivity contribution in [2.24, 2.45) is 5.92 Å². The minimum atomic E-state index is -0.949. The van der Waals surface area contributed by atoms with Gasteiger partial charge in [0.15, 0.2) is 0 Å². The Bertz CT molecular complexity index is 528. The third kappa shape index (κ3) is 5.40. The van der Waals surface area contributed by atoms with Gasteiger partial charge in [-0.1, -0.05) is 6.07 Å². The standard InChI is InChI=1S/C16H24N2O3S/c1-16(2,3)21-15(19)18-9-7-13(10-18)11-22(20)12-14-6-4-5-8-17-14/h4-6,8,13H,7,9-12H2,1-3H3. The molecule has 0 aromatic carbocycles.